The summed E-state index contributed by atoms with van der Waals surface area (Å²) in [7, 11) is 0. The molecule has 1 aromatic rings. The zero-order chi connectivity index (χ0) is 19.9. The lowest BCUT2D eigenvalue weighted by molar-refractivity contribution is -0.122. The molecule has 4 heteroatoms. The highest BCUT2D eigenvalue weighted by Crippen LogP contribution is 2.32. The third kappa shape index (κ3) is 7.27. The molecular formula is C22H37NO3. The second-order valence-electron chi connectivity index (χ2n) is 8.76. The van der Waals surface area contributed by atoms with E-state index in [-0.39, 0.29) is 5.91 Å². The fourth-order valence-electron chi connectivity index (χ4n) is 2.77. The number of ether oxygens (including phenoxy) is 2. The smallest absolute Gasteiger partial charge is 0.227 e. The van der Waals surface area contributed by atoms with E-state index in [0.29, 0.717) is 31.0 Å². The number of carbonyl (C=O) groups excluding carboxylic acids is 1. The quantitative estimate of drug-likeness (QED) is 0.606. The van der Waals surface area contributed by atoms with Crippen molar-refractivity contribution >= 4 is 5.91 Å². The van der Waals surface area contributed by atoms with E-state index < -0.39 is 5.41 Å². The summed E-state index contributed by atoms with van der Waals surface area (Å²) in [5.41, 5.74) is 5.64. The molecule has 1 amide bonds. The molecule has 0 saturated heterocycles. The second kappa shape index (κ2) is 9.84. The lowest BCUT2D eigenvalue weighted by atomic mass is 9.84. The van der Waals surface area contributed by atoms with E-state index >= 15 is 0 Å². The number of hydrogen-bond acceptors (Lipinski definition) is 3. The summed E-state index contributed by atoms with van der Waals surface area (Å²) in [4.78, 5) is 11.9. The van der Waals surface area contributed by atoms with Crippen LogP contribution in [0.25, 0.3) is 0 Å². The van der Waals surface area contributed by atoms with E-state index in [2.05, 4.69) is 34.6 Å². The van der Waals surface area contributed by atoms with Crippen molar-refractivity contribution in [3.63, 3.8) is 0 Å². The number of nitrogens with two attached hydrogens (primary N) is 1. The van der Waals surface area contributed by atoms with Crippen molar-refractivity contribution < 1.29 is 14.3 Å². The minimum absolute atomic E-state index is 0.365. The van der Waals surface area contributed by atoms with Crippen molar-refractivity contribution in [2.75, 3.05) is 13.2 Å². The van der Waals surface area contributed by atoms with Crippen LogP contribution in [0.15, 0.2) is 18.2 Å². The monoisotopic (exact) mass is 363 g/mol. The highest BCUT2D eigenvalue weighted by Gasteiger charge is 2.28. The van der Waals surface area contributed by atoms with Gasteiger partial charge in [0.2, 0.25) is 5.91 Å². The Kier molecular flexibility index (Phi) is 8.45. The second-order valence-corrected chi connectivity index (χ2v) is 8.76. The van der Waals surface area contributed by atoms with Gasteiger partial charge in [-0.05, 0) is 62.1 Å². The molecule has 1 atom stereocenters. The lowest BCUT2D eigenvalue weighted by Gasteiger charge is -2.23. The van der Waals surface area contributed by atoms with E-state index in [1.54, 1.807) is 0 Å². The van der Waals surface area contributed by atoms with Crippen LogP contribution in [-0.2, 0) is 10.2 Å². The molecule has 4 nitrogen and oxygen atoms in total. The van der Waals surface area contributed by atoms with Crippen molar-refractivity contribution in [1.82, 2.24) is 0 Å². The van der Waals surface area contributed by atoms with E-state index in [1.165, 1.54) is 0 Å². The summed E-state index contributed by atoms with van der Waals surface area (Å²) in [6.45, 7) is 15.9. The van der Waals surface area contributed by atoms with E-state index in [0.717, 1.165) is 29.9 Å². The van der Waals surface area contributed by atoms with Crippen molar-refractivity contribution in [2.45, 2.75) is 66.7 Å². The molecule has 0 aliphatic carbocycles. The molecule has 26 heavy (non-hydrogen) atoms. The van der Waals surface area contributed by atoms with E-state index in [9.17, 15) is 4.79 Å². The molecular weight excluding hydrogens is 326 g/mol. The fourth-order valence-corrected chi connectivity index (χ4v) is 2.77. The Morgan fingerprint density at radius 1 is 1.00 bits per heavy atom. The fraction of sp³-hybridized carbons (Fsp3) is 0.682. The van der Waals surface area contributed by atoms with Crippen LogP contribution in [0.3, 0.4) is 0 Å². The summed E-state index contributed by atoms with van der Waals surface area (Å²) >= 11 is 0. The van der Waals surface area contributed by atoms with Gasteiger partial charge in [0.05, 0.1) is 18.6 Å². The average molecular weight is 364 g/mol. The summed E-state index contributed by atoms with van der Waals surface area (Å²) in [6, 6.07) is 5.71. The number of carbonyl (C=O) groups is 1. The first-order valence-corrected chi connectivity index (χ1v) is 9.73. The predicted molar refractivity (Wildman–Crippen MR) is 108 cm³/mol. The molecule has 0 aliphatic rings. The molecule has 2 N–H and O–H groups in total. The summed E-state index contributed by atoms with van der Waals surface area (Å²) in [5.74, 6) is 2.77. The van der Waals surface area contributed by atoms with Crippen molar-refractivity contribution in [1.29, 1.82) is 0 Å². The van der Waals surface area contributed by atoms with Crippen LogP contribution in [0.5, 0.6) is 11.5 Å². The Morgan fingerprint density at radius 2 is 1.58 bits per heavy atom. The molecule has 0 aliphatic heterocycles. The van der Waals surface area contributed by atoms with Gasteiger partial charge in [0.1, 0.15) is 11.5 Å². The number of benzene rings is 1. The zero-order valence-electron chi connectivity index (χ0n) is 17.6. The average Bonchev–Trinajstić information content (AvgIpc) is 2.51. The Labute approximate surface area is 159 Å². The maximum atomic E-state index is 11.9. The molecule has 1 rings (SSSR count). The molecule has 0 heterocycles. The molecule has 0 saturated carbocycles. The Balaban J connectivity index is 2.98. The zero-order valence-corrected chi connectivity index (χ0v) is 17.6. The van der Waals surface area contributed by atoms with Gasteiger partial charge in [-0.1, -0.05) is 34.6 Å². The molecule has 1 aromatic carbocycles. The van der Waals surface area contributed by atoms with Crippen molar-refractivity contribution in [3.8, 4) is 11.5 Å². The van der Waals surface area contributed by atoms with Crippen LogP contribution in [0.2, 0.25) is 0 Å². The standard InChI is InChI=1S/C22H37NO3/c1-15(2)8-9-25-19-11-18(22(6,7)21(23)24)12-20(13-19)26-14-17(5)10-16(3)4/h11-13,15-17H,8-10,14H2,1-7H3,(H2,23,24). The van der Waals surface area contributed by atoms with Gasteiger partial charge >= 0.3 is 0 Å². The minimum Gasteiger partial charge on any atom is -0.493 e. The van der Waals surface area contributed by atoms with Crippen molar-refractivity contribution in [2.24, 2.45) is 23.5 Å². The molecule has 0 radical (unpaired) electrons. The summed E-state index contributed by atoms with van der Waals surface area (Å²) in [5, 5.41) is 0. The SMILES string of the molecule is CC(C)CCOc1cc(OCC(C)CC(C)C)cc(C(C)(C)C(N)=O)c1. The van der Waals surface area contributed by atoms with Crippen LogP contribution in [-0.4, -0.2) is 19.1 Å². The van der Waals surface area contributed by atoms with Crippen LogP contribution in [0, 0.1) is 17.8 Å². The van der Waals surface area contributed by atoms with Crippen LogP contribution < -0.4 is 15.2 Å². The third-order valence-corrected chi connectivity index (χ3v) is 4.59. The van der Waals surface area contributed by atoms with Crippen molar-refractivity contribution in [3.05, 3.63) is 23.8 Å². The normalized spacial score (nSPS) is 13.1. The molecule has 0 bridgehead atoms. The highest BCUT2D eigenvalue weighted by molar-refractivity contribution is 5.86. The van der Waals surface area contributed by atoms with Gasteiger partial charge in [-0.3, -0.25) is 4.79 Å². The predicted octanol–water partition coefficient (Wildman–Crippen LogP) is 4.94. The van der Waals surface area contributed by atoms with Gasteiger partial charge in [0.25, 0.3) is 0 Å². The van der Waals surface area contributed by atoms with Crippen LogP contribution >= 0.6 is 0 Å². The first-order chi connectivity index (χ1) is 12.0. The van der Waals surface area contributed by atoms with Crippen LogP contribution in [0.1, 0.15) is 66.9 Å². The van der Waals surface area contributed by atoms with Gasteiger partial charge in [-0.25, -0.2) is 0 Å². The number of hydrogen-bond donors (Lipinski definition) is 1. The van der Waals surface area contributed by atoms with Gasteiger partial charge in [-0.2, -0.15) is 0 Å². The largest absolute Gasteiger partial charge is 0.493 e. The van der Waals surface area contributed by atoms with Gasteiger partial charge in [0, 0.05) is 6.07 Å². The molecule has 0 spiro atoms. The first-order valence-electron chi connectivity index (χ1n) is 9.73. The van der Waals surface area contributed by atoms with Gasteiger partial charge in [-0.15, -0.1) is 0 Å². The highest BCUT2D eigenvalue weighted by atomic mass is 16.5. The van der Waals surface area contributed by atoms with Crippen LogP contribution in [0.4, 0.5) is 0 Å². The third-order valence-electron chi connectivity index (χ3n) is 4.59. The van der Waals surface area contributed by atoms with Gasteiger partial charge < -0.3 is 15.2 Å². The summed E-state index contributed by atoms with van der Waals surface area (Å²) < 4.78 is 11.9. The first kappa shape index (κ1) is 22.3. The molecule has 0 fully saturated rings. The Morgan fingerprint density at radius 3 is 2.08 bits per heavy atom. The molecule has 0 aromatic heterocycles. The number of primary amides is 1. The molecule has 1 unspecified atom stereocenters. The number of rotatable bonds is 11. The lowest BCUT2D eigenvalue weighted by Crippen LogP contribution is -2.35. The van der Waals surface area contributed by atoms with E-state index in [4.69, 9.17) is 15.2 Å². The Bertz CT molecular complexity index is 579. The topological polar surface area (TPSA) is 61.6 Å². The van der Waals surface area contributed by atoms with E-state index in [1.807, 2.05) is 32.0 Å². The molecule has 148 valence electrons. The maximum Gasteiger partial charge on any atom is 0.227 e. The summed E-state index contributed by atoms with van der Waals surface area (Å²) in [6.07, 6.45) is 2.09. The van der Waals surface area contributed by atoms with Gasteiger partial charge in [0.15, 0.2) is 0 Å². The minimum atomic E-state index is -0.779. The number of amides is 1. The maximum absolute atomic E-state index is 11.9. The Hall–Kier alpha value is -1.71.